The second-order valence-electron chi connectivity index (χ2n) is 3.24. The summed E-state index contributed by atoms with van der Waals surface area (Å²) in [7, 11) is 7.18. The molecule has 2 unspecified atom stereocenters. The van der Waals surface area contributed by atoms with Crippen LogP contribution in [-0.4, -0.2) is 57.1 Å². The first kappa shape index (κ1) is 8.50. The number of ether oxygens (including phenoxy) is 3. The van der Waals surface area contributed by atoms with Gasteiger partial charge in [0.2, 0.25) is 0 Å². The molecule has 2 radical (unpaired) electrons. The standard InChI is InChI=1S/C7H11BO4/c1-10-5-4-6(8)12-7(5,2-9)3-11-4/h4-6,9H,2-3H2,1H3/t4?,5?,6-,7+/m1/s1. The quantitative estimate of drug-likeness (QED) is 0.521. The van der Waals surface area contributed by atoms with Crippen LogP contribution in [0.25, 0.3) is 0 Å². The predicted octanol–water partition coefficient (Wildman–Crippen LogP) is -1.34. The minimum atomic E-state index is -0.723. The molecule has 0 aliphatic carbocycles. The van der Waals surface area contributed by atoms with Crippen molar-refractivity contribution >= 4 is 7.85 Å². The molecule has 0 aromatic rings. The Labute approximate surface area is 72.2 Å². The summed E-state index contributed by atoms with van der Waals surface area (Å²) in [5, 5.41) is 9.12. The number of aliphatic hydroxyl groups excluding tert-OH is 1. The first-order chi connectivity index (χ1) is 5.73. The van der Waals surface area contributed by atoms with E-state index in [4.69, 9.17) is 27.2 Å². The van der Waals surface area contributed by atoms with Crippen molar-refractivity contribution in [3.05, 3.63) is 0 Å². The van der Waals surface area contributed by atoms with Gasteiger partial charge in [0.1, 0.15) is 25.7 Å². The lowest BCUT2D eigenvalue weighted by molar-refractivity contribution is -0.138. The average Bonchev–Trinajstić information content (AvgIpc) is 2.56. The summed E-state index contributed by atoms with van der Waals surface area (Å²) in [4.78, 5) is 0. The van der Waals surface area contributed by atoms with Crippen molar-refractivity contribution in [1.82, 2.24) is 0 Å². The van der Waals surface area contributed by atoms with E-state index in [1.54, 1.807) is 7.11 Å². The largest absolute Gasteiger partial charge is 0.393 e. The van der Waals surface area contributed by atoms with Gasteiger partial charge >= 0.3 is 0 Å². The zero-order chi connectivity index (χ0) is 8.77. The van der Waals surface area contributed by atoms with Crippen molar-refractivity contribution in [2.75, 3.05) is 20.3 Å². The van der Waals surface area contributed by atoms with E-state index in [-0.39, 0.29) is 18.8 Å². The number of aliphatic hydroxyl groups is 1. The van der Waals surface area contributed by atoms with Gasteiger partial charge in [-0.25, -0.2) is 0 Å². The molecule has 2 saturated heterocycles. The molecule has 2 heterocycles. The highest BCUT2D eigenvalue weighted by atomic mass is 16.7. The molecule has 2 fully saturated rings. The van der Waals surface area contributed by atoms with Crippen molar-refractivity contribution in [2.24, 2.45) is 0 Å². The van der Waals surface area contributed by atoms with E-state index in [1.807, 2.05) is 0 Å². The zero-order valence-corrected chi connectivity index (χ0v) is 6.90. The molecule has 66 valence electrons. The minimum absolute atomic E-state index is 0.115. The fourth-order valence-electron chi connectivity index (χ4n) is 1.93. The average molecular weight is 170 g/mol. The molecule has 0 amide bonds. The van der Waals surface area contributed by atoms with Crippen LogP contribution >= 0.6 is 0 Å². The summed E-state index contributed by atoms with van der Waals surface area (Å²) >= 11 is 0. The van der Waals surface area contributed by atoms with Gasteiger partial charge in [-0.3, -0.25) is 0 Å². The maximum atomic E-state index is 9.12. The number of hydrogen-bond donors (Lipinski definition) is 1. The van der Waals surface area contributed by atoms with Gasteiger partial charge in [-0.2, -0.15) is 0 Å². The first-order valence-electron chi connectivity index (χ1n) is 3.92. The molecule has 0 aromatic heterocycles. The normalized spacial score (nSPS) is 51.7. The molecule has 2 rings (SSSR count). The maximum Gasteiger partial charge on any atom is 0.142 e. The van der Waals surface area contributed by atoms with Crippen molar-refractivity contribution in [2.45, 2.75) is 23.8 Å². The van der Waals surface area contributed by atoms with E-state index >= 15 is 0 Å². The Kier molecular flexibility index (Phi) is 1.91. The summed E-state index contributed by atoms with van der Waals surface area (Å²) < 4.78 is 15.9. The van der Waals surface area contributed by atoms with Crippen LogP contribution in [0.3, 0.4) is 0 Å². The Morgan fingerprint density at radius 2 is 2.50 bits per heavy atom. The summed E-state index contributed by atoms with van der Waals surface area (Å²) in [5.41, 5.74) is -0.723. The van der Waals surface area contributed by atoms with Crippen LogP contribution in [0.15, 0.2) is 0 Å². The van der Waals surface area contributed by atoms with Gasteiger partial charge in [-0.05, 0) is 0 Å². The van der Waals surface area contributed by atoms with Crippen LogP contribution in [0.2, 0.25) is 0 Å². The molecule has 12 heavy (non-hydrogen) atoms. The van der Waals surface area contributed by atoms with Gasteiger partial charge in [0.25, 0.3) is 0 Å². The van der Waals surface area contributed by atoms with Crippen LogP contribution in [0.1, 0.15) is 0 Å². The second kappa shape index (κ2) is 2.70. The third-order valence-electron chi connectivity index (χ3n) is 2.55. The Bertz CT molecular complexity index is 188. The lowest BCUT2D eigenvalue weighted by Gasteiger charge is -2.28. The van der Waals surface area contributed by atoms with Gasteiger partial charge in [0.15, 0.2) is 0 Å². The first-order valence-corrected chi connectivity index (χ1v) is 3.92. The number of methoxy groups -OCH3 is 1. The third kappa shape index (κ3) is 0.878. The monoisotopic (exact) mass is 170 g/mol. The molecule has 0 saturated carbocycles. The minimum Gasteiger partial charge on any atom is -0.393 e. The van der Waals surface area contributed by atoms with Gasteiger partial charge in [0.05, 0.1) is 13.2 Å². The molecule has 1 N–H and O–H groups in total. The van der Waals surface area contributed by atoms with Gasteiger partial charge in [-0.1, -0.05) is 0 Å². The maximum absolute atomic E-state index is 9.12. The van der Waals surface area contributed by atoms with E-state index in [0.29, 0.717) is 6.61 Å². The summed E-state index contributed by atoms with van der Waals surface area (Å²) in [6, 6.07) is -0.476. The lowest BCUT2D eigenvalue weighted by atomic mass is 9.92. The predicted molar refractivity (Wildman–Crippen MR) is 41.0 cm³/mol. The van der Waals surface area contributed by atoms with Gasteiger partial charge in [0, 0.05) is 13.1 Å². The van der Waals surface area contributed by atoms with E-state index in [2.05, 4.69) is 0 Å². The summed E-state index contributed by atoms with van der Waals surface area (Å²) in [6.45, 7) is 0.246. The number of fused-ring (bicyclic) bond motifs is 2. The molecule has 2 aliphatic heterocycles. The van der Waals surface area contributed by atoms with E-state index < -0.39 is 11.6 Å². The van der Waals surface area contributed by atoms with Crippen LogP contribution in [-0.2, 0) is 14.2 Å². The lowest BCUT2D eigenvalue weighted by Crippen LogP contribution is -2.45. The third-order valence-corrected chi connectivity index (χ3v) is 2.55. The molecule has 4 atom stereocenters. The van der Waals surface area contributed by atoms with Crippen molar-refractivity contribution in [1.29, 1.82) is 0 Å². The van der Waals surface area contributed by atoms with Crippen molar-refractivity contribution in [3.8, 4) is 0 Å². The number of rotatable bonds is 2. The highest BCUT2D eigenvalue weighted by Crippen LogP contribution is 2.40. The molecule has 2 bridgehead atoms. The highest BCUT2D eigenvalue weighted by Gasteiger charge is 2.59. The fourth-order valence-corrected chi connectivity index (χ4v) is 1.93. The fraction of sp³-hybridized carbons (Fsp3) is 1.00. The zero-order valence-electron chi connectivity index (χ0n) is 6.90. The summed E-state index contributed by atoms with van der Waals surface area (Å²) in [6.07, 6.45) is -0.473. The van der Waals surface area contributed by atoms with Crippen LogP contribution in [0.5, 0.6) is 0 Å². The van der Waals surface area contributed by atoms with E-state index in [1.165, 1.54) is 0 Å². The Balaban J connectivity index is 2.23. The van der Waals surface area contributed by atoms with Crippen LogP contribution in [0, 0.1) is 0 Å². The van der Waals surface area contributed by atoms with Gasteiger partial charge < -0.3 is 19.3 Å². The molecule has 5 heteroatoms. The Morgan fingerprint density at radius 3 is 2.92 bits per heavy atom. The van der Waals surface area contributed by atoms with Crippen LogP contribution in [0.4, 0.5) is 0 Å². The topological polar surface area (TPSA) is 47.9 Å². The highest BCUT2D eigenvalue weighted by molar-refractivity contribution is 6.11. The van der Waals surface area contributed by atoms with Crippen molar-refractivity contribution < 1.29 is 19.3 Å². The Morgan fingerprint density at radius 1 is 1.75 bits per heavy atom. The molecule has 4 nitrogen and oxygen atoms in total. The Hall–Kier alpha value is -0.0951. The molecule has 0 spiro atoms. The molecule has 0 aromatic carbocycles. The molecular weight excluding hydrogens is 159 g/mol. The van der Waals surface area contributed by atoms with Crippen molar-refractivity contribution in [3.63, 3.8) is 0 Å². The summed E-state index contributed by atoms with van der Waals surface area (Å²) in [5.74, 6) is 0. The molecule has 2 aliphatic rings. The second-order valence-corrected chi connectivity index (χ2v) is 3.24. The van der Waals surface area contributed by atoms with Crippen LogP contribution < -0.4 is 0 Å². The SMILES string of the molecule is [B][C@@H]1O[C@@]2(CO)COC1C2OC. The van der Waals surface area contributed by atoms with E-state index in [9.17, 15) is 0 Å². The number of hydrogen-bond acceptors (Lipinski definition) is 4. The van der Waals surface area contributed by atoms with E-state index in [0.717, 1.165) is 0 Å². The molecular formula is C7H11BO4. The van der Waals surface area contributed by atoms with Gasteiger partial charge in [-0.15, -0.1) is 0 Å². The smallest absolute Gasteiger partial charge is 0.142 e.